The van der Waals surface area contributed by atoms with Crippen LogP contribution in [0.3, 0.4) is 0 Å². The van der Waals surface area contributed by atoms with E-state index in [2.05, 4.69) is 43.7 Å². The van der Waals surface area contributed by atoms with E-state index in [-0.39, 0.29) is 24.0 Å². The zero-order chi connectivity index (χ0) is 10.4. The molecule has 0 spiro atoms. The van der Waals surface area contributed by atoms with E-state index in [1.54, 1.807) is 7.05 Å². The average Bonchev–Trinajstić information content (AvgIpc) is 2.19. The van der Waals surface area contributed by atoms with Gasteiger partial charge in [0, 0.05) is 25.1 Å². The van der Waals surface area contributed by atoms with Gasteiger partial charge < -0.3 is 10.6 Å². The Morgan fingerprint density at radius 2 is 2.20 bits per heavy atom. The zero-order valence-corrected chi connectivity index (χ0v) is 12.7. The van der Waals surface area contributed by atoms with E-state index in [1.165, 1.54) is 5.56 Å². The minimum Gasteiger partial charge on any atom is -0.359 e. The fourth-order valence-corrected chi connectivity index (χ4v) is 1.56. The van der Waals surface area contributed by atoms with Gasteiger partial charge in [0.15, 0.2) is 5.96 Å². The van der Waals surface area contributed by atoms with Crippen molar-refractivity contribution in [3.8, 4) is 0 Å². The molecule has 1 aromatic rings. The van der Waals surface area contributed by atoms with Crippen LogP contribution in [0.25, 0.3) is 0 Å². The normalized spacial score (nSPS) is 10.5. The van der Waals surface area contributed by atoms with E-state index in [0.29, 0.717) is 0 Å². The molecule has 0 fully saturated rings. The number of hydrogen-bond donors (Lipinski definition) is 2. The molecule has 5 heteroatoms. The van der Waals surface area contributed by atoms with E-state index in [1.807, 2.05) is 19.2 Å². The van der Waals surface area contributed by atoms with Gasteiger partial charge in [0.05, 0.1) is 0 Å². The van der Waals surface area contributed by atoms with Crippen LogP contribution in [0.1, 0.15) is 5.56 Å². The number of halogens is 2. The molecule has 0 aliphatic heterocycles. The molecular weight excluding hydrogens is 369 g/mol. The van der Waals surface area contributed by atoms with Gasteiger partial charge in [-0.15, -0.1) is 24.0 Å². The summed E-state index contributed by atoms with van der Waals surface area (Å²) in [4.78, 5) is 4.03. The third kappa shape index (κ3) is 5.36. The van der Waals surface area contributed by atoms with Crippen molar-refractivity contribution in [2.75, 3.05) is 14.1 Å². The summed E-state index contributed by atoms with van der Waals surface area (Å²) < 4.78 is 1.09. The maximum atomic E-state index is 4.03. The van der Waals surface area contributed by atoms with Crippen molar-refractivity contribution in [3.05, 3.63) is 34.3 Å². The van der Waals surface area contributed by atoms with Gasteiger partial charge in [-0.2, -0.15) is 0 Å². The van der Waals surface area contributed by atoms with Crippen LogP contribution in [0.15, 0.2) is 33.7 Å². The smallest absolute Gasteiger partial charge is 0.190 e. The molecule has 0 aromatic heterocycles. The first kappa shape index (κ1) is 14.7. The Balaban J connectivity index is 0.00000196. The number of nitrogens with one attached hydrogen (secondary N) is 2. The molecular formula is C10H15BrIN3. The molecule has 1 rings (SSSR count). The first-order valence-corrected chi connectivity index (χ1v) is 5.18. The van der Waals surface area contributed by atoms with Crippen LogP contribution in [0.5, 0.6) is 0 Å². The molecule has 0 amide bonds. The molecule has 0 saturated carbocycles. The largest absolute Gasteiger partial charge is 0.359 e. The van der Waals surface area contributed by atoms with Crippen LogP contribution in [0.2, 0.25) is 0 Å². The highest BCUT2D eigenvalue weighted by Gasteiger charge is 1.95. The van der Waals surface area contributed by atoms with Crippen LogP contribution >= 0.6 is 39.9 Å². The molecule has 0 aliphatic carbocycles. The zero-order valence-electron chi connectivity index (χ0n) is 8.75. The van der Waals surface area contributed by atoms with Gasteiger partial charge in [-0.1, -0.05) is 28.1 Å². The topological polar surface area (TPSA) is 36.4 Å². The lowest BCUT2D eigenvalue weighted by atomic mass is 10.2. The van der Waals surface area contributed by atoms with E-state index in [0.717, 1.165) is 17.0 Å². The van der Waals surface area contributed by atoms with Gasteiger partial charge in [-0.25, -0.2) is 0 Å². The first-order valence-electron chi connectivity index (χ1n) is 4.39. The molecule has 15 heavy (non-hydrogen) atoms. The average molecular weight is 384 g/mol. The lowest BCUT2D eigenvalue weighted by molar-refractivity contribution is 0.865. The molecule has 0 atom stereocenters. The summed E-state index contributed by atoms with van der Waals surface area (Å²) in [7, 11) is 3.59. The highest BCUT2D eigenvalue weighted by Crippen LogP contribution is 2.11. The van der Waals surface area contributed by atoms with Gasteiger partial charge >= 0.3 is 0 Å². The SMILES string of the molecule is CN=C(NC)NCc1cccc(Br)c1.I. The molecule has 1 aromatic carbocycles. The number of aliphatic imine (C=N–C) groups is 1. The predicted molar refractivity (Wildman–Crippen MR) is 78.8 cm³/mol. The Labute approximate surface area is 116 Å². The molecule has 2 N–H and O–H groups in total. The molecule has 0 aliphatic rings. The standard InChI is InChI=1S/C10H14BrN3.HI/c1-12-10(13-2)14-7-8-4-3-5-9(11)6-8;/h3-6H,7H2,1-2H3,(H2,12,13,14);1H. The molecule has 84 valence electrons. The fourth-order valence-electron chi connectivity index (χ4n) is 1.11. The second-order valence-electron chi connectivity index (χ2n) is 2.81. The Bertz CT molecular complexity index is 328. The molecule has 0 radical (unpaired) electrons. The van der Waals surface area contributed by atoms with Crippen LogP contribution in [0, 0.1) is 0 Å². The second kappa shape index (κ2) is 7.92. The van der Waals surface area contributed by atoms with Crippen molar-refractivity contribution in [2.24, 2.45) is 4.99 Å². The van der Waals surface area contributed by atoms with Gasteiger partial charge in [-0.3, -0.25) is 4.99 Å². The summed E-state index contributed by atoms with van der Waals surface area (Å²) >= 11 is 3.43. The lowest BCUT2D eigenvalue weighted by Crippen LogP contribution is -2.34. The molecule has 0 saturated heterocycles. The van der Waals surface area contributed by atoms with Crippen LogP contribution in [-0.4, -0.2) is 20.1 Å². The predicted octanol–water partition coefficient (Wildman–Crippen LogP) is 2.36. The van der Waals surface area contributed by atoms with E-state index in [9.17, 15) is 0 Å². The van der Waals surface area contributed by atoms with Crippen LogP contribution < -0.4 is 10.6 Å². The molecule has 3 nitrogen and oxygen atoms in total. The molecule has 0 bridgehead atoms. The third-order valence-corrected chi connectivity index (χ3v) is 2.30. The number of hydrogen-bond acceptors (Lipinski definition) is 1. The summed E-state index contributed by atoms with van der Waals surface area (Å²) in [6.45, 7) is 0.771. The van der Waals surface area contributed by atoms with Crippen molar-refractivity contribution >= 4 is 45.9 Å². The van der Waals surface area contributed by atoms with Crippen molar-refractivity contribution in [3.63, 3.8) is 0 Å². The highest BCUT2D eigenvalue weighted by molar-refractivity contribution is 14.0. The quantitative estimate of drug-likeness (QED) is 0.467. The minimum absolute atomic E-state index is 0. The van der Waals surface area contributed by atoms with Crippen molar-refractivity contribution < 1.29 is 0 Å². The maximum absolute atomic E-state index is 4.03. The van der Waals surface area contributed by atoms with Crippen molar-refractivity contribution in [1.82, 2.24) is 10.6 Å². The van der Waals surface area contributed by atoms with Crippen LogP contribution in [0.4, 0.5) is 0 Å². The highest BCUT2D eigenvalue weighted by atomic mass is 127. The fraction of sp³-hybridized carbons (Fsp3) is 0.300. The van der Waals surface area contributed by atoms with Gasteiger partial charge in [0.25, 0.3) is 0 Å². The molecule has 0 unspecified atom stereocenters. The summed E-state index contributed by atoms with van der Waals surface area (Å²) in [6.07, 6.45) is 0. The second-order valence-corrected chi connectivity index (χ2v) is 3.72. The monoisotopic (exact) mass is 383 g/mol. The van der Waals surface area contributed by atoms with E-state index in [4.69, 9.17) is 0 Å². The summed E-state index contributed by atoms with van der Waals surface area (Å²) in [5, 5.41) is 6.14. The van der Waals surface area contributed by atoms with Gasteiger partial charge in [-0.05, 0) is 17.7 Å². The van der Waals surface area contributed by atoms with Crippen molar-refractivity contribution in [1.29, 1.82) is 0 Å². The summed E-state index contributed by atoms with van der Waals surface area (Å²) in [5.74, 6) is 0.796. The third-order valence-electron chi connectivity index (χ3n) is 1.81. The Hall–Kier alpha value is -0.300. The Morgan fingerprint density at radius 1 is 1.47 bits per heavy atom. The van der Waals surface area contributed by atoms with Crippen molar-refractivity contribution in [2.45, 2.75) is 6.54 Å². The van der Waals surface area contributed by atoms with E-state index >= 15 is 0 Å². The van der Waals surface area contributed by atoms with Gasteiger partial charge in [0.1, 0.15) is 0 Å². The molecule has 0 heterocycles. The maximum Gasteiger partial charge on any atom is 0.190 e. The summed E-state index contributed by atoms with van der Waals surface area (Å²) in [6, 6.07) is 8.18. The van der Waals surface area contributed by atoms with Crippen LogP contribution in [-0.2, 0) is 6.54 Å². The number of benzene rings is 1. The Morgan fingerprint density at radius 3 is 2.73 bits per heavy atom. The minimum atomic E-state index is 0. The summed E-state index contributed by atoms with van der Waals surface area (Å²) in [5.41, 5.74) is 1.22. The number of rotatable bonds is 2. The Kier molecular flexibility index (Phi) is 7.76. The number of nitrogens with zero attached hydrogens (tertiary/aromatic N) is 1. The van der Waals surface area contributed by atoms with E-state index < -0.39 is 0 Å². The lowest BCUT2D eigenvalue weighted by Gasteiger charge is -2.08. The van der Waals surface area contributed by atoms with Gasteiger partial charge in [0.2, 0.25) is 0 Å². The first-order chi connectivity index (χ1) is 6.76. The number of guanidine groups is 1.